The molecule has 0 amide bonds. The van der Waals surface area contributed by atoms with Gasteiger partial charge in [0.15, 0.2) is 0 Å². The predicted molar refractivity (Wildman–Crippen MR) is 16.5 cm³/mol. The van der Waals surface area contributed by atoms with E-state index in [1.54, 1.807) is 0 Å². The van der Waals surface area contributed by atoms with Crippen LogP contribution in [0.2, 0.25) is 0 Å². The molecule has 0 saturated heterocycles. The van der Waals surface area contributed by atoms with Gasteiger partial charge in [0.2, 0.25) is 10.1 Å². The number of hydrogen-bond acceptors (Lipinski definition) is 1. The Morgan fingerprint density at radius 2 is 1.00 bits per heavy atom. The van der Waals surface area contributed by atoms with Crippen molar-refractivity contribution in [3.05, 3.63) is 0 Å². The third kappa shape index (κ3) is 427. The number of rotatable bonds is 0. The van der Waals surface area contributed by atoms with Crippen molar-refractivity contribution in [2.24, 2.45) is 0 Å². The van der Waals surface area contributed by atoms with Gasteiger partial charge in [0.25, 0.3) is 0 Å². The van der Waals surface area contributed by atoms with Gasteiger partial charge in [-0.05, 0) is 0 Å². The Morgan fingerprint density at radius 3 is 1.00 bits per heavy atom. The lowest BCUT2D eigenvalue weighted by atomic mass is 16.0. The fourth-order valence-electron chi connectivity index (χ4n) is 0. The van der Waals surface area contributed by atoms with Gasteiger partial charge in [-0.1, -0.05) is 0 Å². The second kappa shape index (κ2) is 2770. The summed E-state index contributed by atoms with van der Waals surface area (Å²) in [5.41, 5.74) is 0. The molecule has 0 aromatic heterocycles. The maximum atomic E-state index is 8.28. The summed E-state index contributed by atoms with van der Waals surface area (Å²) in [4.78, 5) is 0. The molecular weight excluding hydrogens is 76.1 g/mol. The third-order valence-electron chi connectivity index (χ3n) is 0. The van der Waals surface area contributed by atoms with Gasteiger partial charge in [-0.25, -0.2) is 0 Å². The van der Waals surface area contributed by atoms with E-state index in [9.17, 15) is 0 Å². The van der Waals surface area contributed by atoms with E-state index in [0.717, 1.165) is 0 Å². The van der Waals surface area contributed by atoms with Gasteiger partial charge < -0.3 is 15.4 Å². The van der Waals surface area contributed by atoms with Gasteiger partial charge in [0.1, 0.15) is 0 Å². The van der Waals surface area contributed by atoms with E-state index in [1.807, 2.05) is 0 Å². The largest absolute Gasteiger partial charge is 0.412 e. The highest BCUT2D eigenvalue weighted by Crippen LogP contribution is 0.469. The van der Waals surface area contributed by atoms with E-state index in [0.29, 0.717) is 10.1 Å². The summed E-state index contributed by atoms with van der Waals surface area (Å²) in [6.45, 7) is 0. The van der Waals surface area contributed by atoms with Gasteiger partial charge in [-0.15, -0.1) is 0 Å². The Labute approximate surface area is 26.7 Å². The van der Waals surface area contributed by atoms with E-state index in [1.165, 1.54) is 0 Å². The summed E-state index contributed by atoms with van der Waals surface area (Å²) in [5.74, 6) is 0. The first kappa shape index (κ1) is 38.7. The minimum absolute atomic E-state index is 0. The maximum absolute atomic E-state index is 8.28. The highest BCUT2D eigenvalue weighted by Gasteiger charge is 0.701. The second-order valence-electron chi connectivity index (χ2n) is 0. The molecule has 4 N–H and O–H groups in total. The van der Waals surface area contributed by atoms with Crippen molar-refractivity contribution >= 4 is 10.1 Å². The molecule has 0 bridgehead atoms. The zero-order valence-electron chi connectivity index (χ0n) is 2.12. The molecular formula is H6O3Si. The lowest BCUT2D eigenvalue weighted by Crippen LogP contribution is -0.969. The standard InChI is InChI=1S/H2OSi.2H2O/c1-2;;/h2H2;2*1H2. The molecule has 0 spiro atoms. The lowest BCUT2D eigenvalue weighted by molar-refractivity contribution is 0.590. The third-order valence-corrected chi connectivity index (χ3v) is 0. The Hall–Kier alpha value is -0.0631. The second-order valence-corrected chi connectivity index (χ2v) is 0. The van der Waals surface area contributed by atoms with Gasteiger partial charge in [0, 0.05) is 0 Å². The zero-order valence-corrected chi connectivity index (χ0v) is 3.53. The van der Waals surface area contributed by atoms with E-state index in [4.69, 9.17) is 4.46 Å². The van der Waals surface area contributed by atoms with Crippen LogP contribution < -0.4 is 0 Å². The molecule has 4 heavy (non-hydrogen) atoms. The molecule has 0 aromatic rings. The molecule has 28 valence electrons. The Morgan fingerprint density at radius 1 is 1.00 bits per heavy atom. The first-order valence-electron chi connectivity index (χ1n) is 0.289. The highest BCUT2D eigenvalue weighted by atomic mass is 28.1. The molecule has 0 fully saturated rings. The van der Waals surface area contributed by atoms with E-state index >= 15 is 0 Å². The topological polar surface area (TPSA) is 80.1 Å². The summed E-state index contributed by atoms with van der Waals surface area (Å²) >= 11 is 0. The monoisotopic (exact) mass is 82.0 g/mol. The summed E-state index contributed by atoms with van der Waals surface area (Å²) in [6.07, 6.45) is 0. The SMILES string of the molecule is O.O.O=[SiH2]. The van der Waals surface area contributed by atoms with Crippen LogP contribution in [-0.4, -0.2) is 21.1 Å². The Kier molecular flexibility index (Phi) is 26700. The van der Waals surface area contributed by atoms with Crippen LogP contribution in [0.15, 0.2) is 0 Å². The molecule has 0 aliphatic carbocycles. The van der Waals surface area contributed by atoms with Crippen LogP contribution in [0.3, 0.4) is 0 Å². The van der Waals surface area contributed by atoms with Gasteiger partial charge >= 0.3 is 0 Å². The van der Waals surface area contributed by atoms with Gasteiger partial charge in [-0.3, -0.25) is 0 Å². The van der Waals surface area contributed by atoms with Crippen LogP contribution in [0.5, 0.6) is 0 Å². The summed E-state index contributed by atoms with van der Waals surface area (Å²) in [5, 5.41) is 0. The first-order valence-corrected chi connectivity index (χ1v) is 0.866. The predicted octanol–water partition coefficient (Wildman–Crippen LogP) is -2.68. The minimum Gasteiger partial charge on any atom is -0.412 e. The van der Waals surface area contributed by atoms with Gasteiger partial charge in [-0.2, -0.15) is 0 Å². The molecule has 0 atom stereocenters. The van der Waals surface area contributed by atoms with Crippen molar-refractivity contribution in [3.63, 3.8) is 0 Å². The average Bonchev–Trinajstić information content (AvgIpc) is 1.00. The molecule has 0 radical (unpaired) electrons. The fraction of sp³-hybridized carbons (Fsp3) is 0. The molecule has 0 aromatic carbocycles. The quantitative estimate of drug-likeness (QED) is 0.293. The summed E-state index contributed by atoms with van der Waals surface area (Å²) in [6, 6.07) is 0. The Bertz CT molecular complexity index is 3.25. The van der Waals surface area contributed by atoms with E-state index < -0.39 is 0 Å². The molecule has 0 aliphatic heterocycles. The van der Waals surface area contributed by atoms with Crippen molar-refractivity contribution in [3.8, 4) is 0 Å². The fourth-order valence-corrected chi connectivity index (χ4v) is 0. The molecule has 0 heterocycles. The van der Waals surface area contributed by atoms with Crippen molar-refractivity contribution in [2.45, 2.75) is 0 Å². The zero-order chi connectivity index (χ0) is 2.00. The molecule has 4 heteroatoms. The van der Waals surface area contributed by atoms with Crippen LogP contribution in [0.25, 0.3) is 0 Å². The first-order chi connectivity index (χ1) is 1.00. The molecule has 0 saturated carbocycles. The lowest BCUT2D eigenvalue weighted by Gasteiger charge is -0.852. The average molecular weight is 82.1 g/mol. The smallest absolute Gasteiger partial charge is 0.245 e. The van der Waals surface area contributed by atoms with E-state index in [-0.39, 0.29) is 11.0 Å². The Balaban J connectivity index is -0.00000000500. The van der Waals surface area contributed by atoms with Crippen molar-refractivity contribution in [1.29, 1.82) is 0 Å². The van der Waals surface area contributed by atoms with Crippen molar-refractivity contribution in [1.82, 2.24) is 0 Å². The molecule has 0 unspecified atom stereocenters. The molecule has 0 aliphatic rings. The summed E-state index contributed by atoms with van der Waals surface area (Å²) in [7, 11) is 0.611. The molecule has 0 rings (SSSR count). The van der Waals surface area contributed by atoms with Crippen molar-refractivity contribution < 1.29 is 15.4 Å². The highest BCUT2D eigenvalue weighted by molar-refractivity contribution is 5.85. The van der Waals surface area contributed by atoms with Gasteiger partial charge in [0.05, 0.1) is 0 Å². The van der Waals surface area contributed by atoms with Crippen LogP contribution in [0, 0.1) is 0 Å². The summed E-state index contributed by atoms with van der Waals surface area (Å²) < 4.78 is 8.28. The maximum Gasteiger partial charge on any atom is 0.245 e. The van der Waals surface area contributed by atoms with Crippen LogP contribution in [-0.2, 0) is 4.46 Å². The van der Waals surface area contributed by atoms with E-state index in [2.05, 4.69) is 0 Å². The minimum atomic E-state index is 0. The van der Waals surface area contributed by atoms with Crippen molar-refractivity contribution in [2.75, 3.05) is 0 Å². The van der Waals surface area contributed by atoms with Crippen LogP contribution in [0.4, 0.5) is 0 Å². The van der Waals surface area contributed by atoms with Crippen LogP contribution >= 0.6 is 0 Å². The normalized spacial score (nSPS) is 1.00. The van der Waals surface area contributed by atoms with Crippen LogP contribution in [0.1, 0.15) is 0 Å². The number of hydrogen-bond donors (Lipinski definition) is 0. The molecule has 3 nitrogen and oxygen atoms in total.